The molecule has 1 N–H and O–H groups in total. The average Bonchev–Trinajstić information content (AvgIpc) is 2.98. The van der Waals surface area contributed by atoms with Gasteiger partial charge in [-0.15, -0.1) is 0 Å². The van der Waals surface area contributed by atoms with E-state index >= 15 is 0 Å². The van der Waals surface area contributed by atoms with Crippen LogP contribution in [0.4, 0.5) is 5.69 Å². The number of nitrogens with one attached hydrogen (secondary N) is 1. The molecule has 1 aromatic carbocycles. The molecule has 0 bridgehead atoms. The van der Waals surface area contributed by atoms with E-state index in [1.807, 2.05) is 22.6 Å². The molecule has 132 valence electrons. The number of methoxy groups -OCH3 is 1. The quantitative estimate of drug-likeness (QED) is 0.386. The van der Waals surface area contributed by atoms with Crippen molar-refractivity contribution < 1.29 is 23.5 Å². The summed E-state index contributed by atoms with van der Waals surface area (Å²) < 4.78 is 16.2. The fourth-order valence-electron chi connectivity index (χ4n) is 1.85. The first kappa shape index (κ1) is 19.3. The molecule has 0 saturated heterocycles. The van der Waals surface area contributed by atoms with Gasteiger partial charge in [0.2, 0.25) is 0 Å². The monoisotopic (exact) mass is 475 g/mol. The van der Waals surface area contributed by atoms with Gasteiger partial charge in [0.1, 0.15) is 11.5 Å². The maximum Gasteiger partial charge on any atom is 0.331 e. The largest absolute Gasteiger partial charge is 0.495 e. The number of hydrogen-bond acceptors (Lipinski definition) is 5. The minimum Gasteiger partial charge on any atom is -0.495 e. The Morgan fingerprint density at radius 3 is 2.72 bits per heavy atom. The number of carbonyl (C=O) groups excluding carboxylic acids is 2. The second-order valence-corrected chi connectivity index (χ2v) is 6.39. The number of anilines is 1. The molecular formula is C17H15ClINO5. The van der Waals surface area contributed by atoms with Crippen LogP contribution in [0.15, 0.2) is 40.8 Å². The van der Waals surface area contributed by atoms with Gasteiger partial charge in [-0.25, -0.2) is 4.79 Å². The smallest absolute Gasteiger partial charge is 0.331 e. The summed E-state index contributed by atoms with van der Waals surface area (Å²) >= 11 is 7.93. The van der Waals surface area contributed by atoms with Crippen molar-refractivity contribution in [2.45, 2.75) is 13.0 Å². The van der Waals surface area contributed by atoms with Crippen LogP contribution in [0.5, 0.6) is 5.75 Å². The Kier molecular flexibility index (Phi) is 6.89. The summed E-state index contributed by atoms with van der Waals surface area (Å²) in [6.07, 6.45) is 1.66. The number of hydrogen-bond donors (Lipinski definition) is 1. The van der Waals surface area contributed by atoms with E-state index in [1.165, 1.54) is 26.2 Å². The highest BCUT2D eigenvalue weighted by Crippen LogP contribution is 2.27. The second-order valence-electron chi connectivity index (χ2n) is 4.89. The van der Waals surface area contributed by atoms with Gasteiger partial charge in [-0.05, 0) is 65.9 Å². The molecule has 2 rings (SSSR count). The summed E-state index contributed by atoms with van der Waals surface area (Å²) in [5, 5.41) is 3.06. The van der Waals surface area contributed by atoms with Crippen LogP contribution in [0.25, 0.3) is 6.08 Å². The first-order valence-electron chi connectivity index (χ1n) is 7.17. The van der Waals surface area contributed by atoms with Crippen molar-refractivity contribution >= 4 is 57.8 Å². The van der Waals surface area contributed by atoms with E-state index in [4.69, 9.17) is 25.5 Å². The Morgan fingerprint density at radius 1 is 1.32 bits per heavy atom. The van der Waals surface area contributed by atoms with Gasteiger partial charge in [0.05, 0.1) is 12.8 Å². The summed E-state index contributed by atoms with van der Waals surface area (Å²) in [6.45, 7) is 1.47. The zero-order valence-electron chi connectivity index (χ0n) is 13.4. The predicted molar refractivity (Wildman–Crippen MR) is 103 cm³/mol. The van der Waals surface area contributed by atoms with Crippen LogP contribution < -0.4 is 10.1 Å². The molecule has 8 heteroatoms. The van der Waals surface area contributed by atoms with E-state index < -0.39 is 18.0 Å². The minimum atomic E-state index is -1.00. The minimum absolute atomic E-state index is 0.392. The maximum atomic E-state index is 12.2. The molecule has 0 spiro atoms. The van der Waals surface area contributed by atoms with Crippen molar-refractivity contribution in [3.8, 4) is 5.75 Å². The van der Waals surface area contributed by atoms with Crippen molar-refractivity contribution in [2.75, 3.05) is 12.4 Å². The molecule has 1 heterocycles. The molecule has 0 radical (unpaired) electrons. The van der Waals surface area contributed by atoms with Gasteiger partial charge in [0.15, 0.2) is 9.87 Å². The van der Waals surface area contributed by atoms with Gasteiger partial charge in [0.25, 0.3) is 5.91 Å². The van der Waals surface area contributed by atoms with Crippen LogP contribution >= 0.6 is 34.2 Å². The molecule has 1 amide bonds. The van der Waals surface area contributed by atoms with Crippen molar-refractivity contribution in [1.82, 2.24) is 0 Å². The van der Waals surface area contributed by atoms with Gasteiger partial charge in [0, 0.05) is 11.1 Å². The number of amides is 1. The molecule has 25 heavy (non-hydrogen) atoms. The second kappa shape index (κ2) is 8.91. The third kappa shape index (κ3) is 5.79. The lowest BCUT2D eigenvalue weighted by atomic mass is 10.2. The molecule has 1 unspecified atom stereocenters. The molecular weight excluding hydrogens is 461 g/mol. The number of halogens is 2. The standard InChI is InChI=1S/C17H15ClINO5/c1-10(24-16(21)8-5-12-4-7-15(19)25-12)17(22)20-13-9-11(18)3-6-14(13)23-2/h3-10H,1-2H3,(H,20,22)/b8-5+. The molecule has 2 aromatic rings. The molecule has 0 saturated carbocycles. The highest BCUT2D eigenvalue weighted by atomic mass is 127. The highest BCUT2D eigenvalue weighted by molar-refractivity contribution is 14.1. The number of esters is 1. The van der Waals surface area contributed by atoms with E-state index in [9.17, 15) is 9.59 Å². The number of rotatable bonds is 6. The predicted octanol–water partition coefficient (Wildman–Crippen LogP) is 4.13. The Bertz CT molecular complexity index is 802. The summed E-state index contributed by atoms with van der Waals surface area (Å²) in [6, 6.07) is 8.29. The van der Waals surface area contributed by atoms with Gasteiger partial charge >= 0.3 is 5.97 Å². The number of benzene rings is 1. The Hall–Kier alpha value is -2.00. The van der Waals surface area contributed by atoms with E-state index in [2.05, 4.69) is 5.32 Å². The topological polar surface area (TPSA) is 77.8 Å². The van der Waals surface area contributed by atoms with Gasteiger partial charge in [-0.3, -0.25) is 4.79 Å². The fraction of sp³-hybridized carbons (Fsp3) is 0.176. The van der Waals surface area contributed by atoms with E-state index in [-0.39, 0.29) is 0 Å². The van der Waals surface area contributed by atoms with Crippen molar-refractivity contribution in [1.29, 1.82) is 0 Å². The molecule has 6 nitrogen and oxygen atoms in total. The summed E-state index contributed by atoms with van der Waals surface area (Å²) in [4.78, 5) is 24.0. The van der Waals surface area contributed by atoms with Crippen molar-refractivity contribution in [3.05, 3.63) is 51.0 Å². The molecule has 0 aliphatic carbocycles. The average molecular weight is 476 g/mol. The maximum absolute atomic E-state index is 12.2. The zero-order valence-corrected chi connectivity index (χ0v) is 16.3. The van der Waals surface area contributed by atoms with Crippen LogP contribution in [-0.2, 0) is 14.3 Å². The van der Waals surface area contributed by atoms with Crippen molar-refractivity contribution in [3.63, 3.8) is 0 Å². The van der Waals surface area contributed by atoms with Gasteiger partial charge in [-0.1, -0.05) is 11.6 Å². The third-order valence-corrected chi connectivity index (χ3v) is 3.87. The number of ether oxygens (including phenoxy) is 2. The molecule has 0 aliphatic heterocycles. The summed E-state index contributed by atoms with van der Waals surface area (Å²) in [7, 11) is 1.48. The van der Waals surface area contributed by atoms with Crippen LogP contribution in [0.2, 0.25) is 5.02 Å². The number of furan rings is 1. The Balaban J connectivity index is 1.94. The zero-order chi connectivity index (χ0) is 18.4. The first-order chi connectivity index (χ1) is 11.9. The molecule has 1 atom stereocenters. The normalized spacial score (nSPS) is 12.0. The van der Waals surface area contributed by atoms with E-state index in [0.717, 1.165) is 0 Å². The highest BCUT2D eigenvalue weighted by Gasteiger charge is 2.18. The lowest BCUT2D eigenvalue weighted by molar-refractivity contribution is -0.148. The molecule has 1 aromatic heterocycles. The fourth-order valence-corrected chi connectivity index (χ4v) is 2.45. The van der Waals surface area contributed by atoms with E-state index in [1.54, 1.807) is 30.3 Å². The lowest BCUT2D eigenvalue weighted by Gasteiger charge is -2.14. The van der Waals surface area contributed by atoms with Crippen LogP contribution in [0.1, 0.15) is 12.7 Å². The Labute approximate surface area is 163 Å². The summed E-state index contributed by atoms with van der Waals surface area (Å²) in [5.41, 5.74) is 0.392. The van der Waals surface area contributed by atoms with Crippen LogP contribution in [0.3, 0.4) is 0 Å². The van der Waals surface area contributed by atoms with Gasteiger partial charge < -0.3 is 19.2 Å². The third-order valence-electron chi connectivity index (χ3n) is 3.06. The Morgan fingerprint density at radius 2 is 2.08 bits per heavy atom. The van der Waals surface area contributed by atoms with Crippen molar-refractivity contribution in [2.24, 2.45) is 0 Å². The van der Waals surface area contributed by atoms with Gasteiger partial charge in [-0.2, -0.15) is 0 Å². The number of carbonyl (C=O) groups is 2. The van der Waals surface area contributed by atoms with Crippen LogP contribution in [0, 0.1) is 3.77 Å². The van der Waals surface area contributed by atoms with Crippen LogP contribution in [-0.4, -0.2) is 25.1 Å². The molecule has 0 aliphatic rings. The van der Waals surface area contributed by atoms with E-state index in [0.29, 0.717) is 26.0 Å². The first-order valence-corrected chi connectivity index (χ1v) is 8.63. The summed E-state index contributed by atoms with van der Waals surface area (Å²) in [5.74, 6) is -0.201. The lowest BCUT2D eigenvalue weighted by Crippen LogP contribution is -2.29. The molecule has 0 fully saturated rings. The SMILES string of the molecule is COc1ccc(Cl)cc1NC(=O)C(C)OC(=O)/C=C/c1ccc(I)o1.